The first-order valence-electron chi connectivity index (χ1n) is 5.87. The Balaban J connectivity index is 1.72. The van der Waals surface area contributed by atoms with Gasteiger partial charge in [0.1, 0.15) is 11.3 Å². The summed E-state index contributed by atoms with van der Waals surface area (Å²) in [5.41, 5.74) is 2.07. The number of H-pyrrole nitrogens is 1. The molecule has 0 aliphatic carbocycles. The Labute approximate surface area is 128 Å². The number of carbonyl (C=O) groups is 1. The molecule has 5 nitrogen and oxygen atoms in total. The van der Waals surface area contributed by atoms with E-state index in [0.29, 0.717) is 17.3 Å². The van der Waals surface area contributed by atoms with Crippen LogP contribution in [0.5, 0.6) is 0 Å². The van der Waals surface area contributed by atoms with Gasteiger partial charge >= 0.3 is 0 Å². The van der Waals surface area contributed by atoms with Gasteiger partial charge < -0.3 is 14.7 Å². The Kier molecular flexibility index (Phi) is 3.50. The molecule has 0 atom stereocenters. The van der Waals surface area contributed by atoms with Gasteiger partial charge in [-0.25, -0.2) is 4.98 Å². The van der Waals surface area contributed by atoms with Crippen LogP contribution >= 0.6 is 27.5 Å². The number of rotatable bonds is 3. The number of imidazole rings is 1. The third-order valence-corrected chi connectivity index (χ3v) is 3.47. The average molecular weight is 354 g/mol. The maximum Gasteiger partial charge on any atom is 0.268 e. The Morgan fingerprint density at radius 1 is 1.45 bits per heavy atom. The zero-order valence-corrected chi connectivity index (χ0v) is 12.6. The summed E-state index contributed by atoms with van der Waals surface area (Å²) >= 11 is 9.20. The molecular weight excluding hydrogens is 344 g/mol. The van der Waals surface area contributed by atoms with Crippen molar-refractivity contribution in [2.45, 2.75) is 6.54 Å². The lowest BCUT2D eigenvalue weighted by atomic mass is 10.4. The van der Waals surface area contributed by atoms with Crippen molar-refractivity contribution in [3.05, 3.63) is 57.7 Å². The minimum absolute atomic E-state index is 0.175. The smallest absolute Gasteiger partial charge is 0.268 e. The molecule has 3 aromatic heterocycles. The molecule has 0 spiro atoms. The zero-order chi connectivity index (χ0) is 14.1. The molecule has 3 aromatic rings. The van der Waals surface area contributed by atoms with Gasteiger partial charge in [-0.2, -0.15) is 0 Å². The predicted octanol–water partition coefficient (Wildman–Crippen LogP) is 3.01. The monoisotopic (exact) mass is 352 g/mol. The van der Waals surface area contributed by atoms with Crippen molar-refractivity contribution in [3.63, 3.8) is 0 Å². The normalized spacial score (nSPS) is 10.9. The van der Waals surface area contributed by atoms with Gasteiger partial charge in [-0.15, -0.1) is 0 Å². The zero-order valence-electron chi connectivity index (χ0n) is 10.2. The van der Waals surface area contributed by atoms with Gasteiger partial charge in [0.15, 0.2) is 0 Å². The van der Waals surface area contributed by atoms with Crippen LogP contribution in [0, 0.1) is 0 Å². The van der Waals surface area contributed by atoms with E-state index in [1.807, 2.05) is 16.7 Å². The van der Waals surface area contributed by atoms with Crippen molar-refractivity contribution in [3.8, 4) is 0 Å². The summed E-state index contributed by atoms with van der Waals surface area (Å²) in [6, 6.07) is 5.33. The van der Waals surface area contributed by atoms with E-state index < -0.39 is 0 Å². The molecule has 0 saturated carbocycles. The van der Waals surface area contributed by atoms with E-state index in [-0.39, 0.29) is 5.91 Å². The van der Waals surface area contributed by atoms with Gasteiger partial charge in [-0.1, -0.05) is 11.6 Å². The Morgan fingerprint density at radius 3 is 3.05 bits per heavy atom. The molecule has 0 radical (unpaired) electrons. The second-order valence-electron chi connectivity index (χ2n) is 4.26. The highest BCUT2D eigenvalue weighted by Gasteiger charge is 2.09. The maximum absolute atomic E-state index is 11.9. The van der Waals surface area contributed by atoms with Crippen LogP contribution in [0.4, 0.5) is 0 Å². The molecule has 1 amide bonds. The van der Waals surface area contributed by atoms with E-state index in [2.05, 4.69) is 31.2 Å². The van der Waals surface area contributed by atoms with Crippen LogP contribution in [0.3, 0.4) is 0 Å². The van der Waals surface area contributed by atoms with Crippen LogP contribution < -0.4 is 5.32 Å². The predicted molar refractivity (Wildman–Crippen MR) is 79.9 cm³/mol. The third-order valence-electron chi connectivity index (χ3n) is 2.79. The van der Waals surface area contributed by atoms with Gasteiger partial charge in [-0.05, 0) is 34.1 Å². The highest BCUT2D eigenvalue weighted by Crippen LogP contribution is 2.12. The molecule has 7 heteroatoms. The second-order valence-corrected chi connectivity index (χ2v) is 5.61. The summed E-state index contributed by atoms with van der Waals surface area (Å²) in [6.45, 7) is 0.356. The molecule has 0 saturated heterocycles. The largest absolute Gasteiger partial charge is 0.356 e. The fourth-order valence-corrected chi connectivity index (χ4v) is 2.38. The lowest BCUT2D eigenvalue weighted by molar-refractivity contribution is 0.0946. The van der Waals surface area contributed by atoms with Crippen LogP contribution in [0.2, 0.25) is 5.02 Å². The first kappa shape index (κ1) is 13.2. The molecule has 0 aliphatic rings. The Bertz CT molecular complexity index is 780. The summed E-state index contributed by atoms with van der Waals surface area (Å²) < 4.78 is 2.67. The lowest BCUT2D eigenvalue weighted by Crippen LogP contribution is -2.23. The molecule has 0 bridgehead atoms. The standard InChI is InChI=1S/C13H10BrClN4O/c14-8-3-11(16-4-8)13(20)17-5-10-7-19-6-9(15)1-2-12(19)18-10/h1-4,6-7,16H,5H2,(H,17,20). The van der Waals surface area contributed by atoms with E-state index >= 15 is 0 Å². The van der Waals surface area contributed by atoms with Gasteiger partial charge in [0.05, 0.1) is 17.3 Å². The van der Waals surface area contributed by atoms with E-state index in [0.717, 1.165) is 15.8 Å². The summed E-state index contributed by atoms with van der Waals surface area (Å²) in [4.78, 5) is 19.2. The fraction of sp³-hybridized carbons (Fsp3) is 0.0769. The van der Waals surface area contributed by atoms with E-state index in [1.54, 1.807) is 24.5 Å². The first-order valence-corrected chi connectivity index (χ1v) is 7.04. The number of carbonyl (C=O) groups excluding carboxylic acids is 1. The highest BCUT2D eigenvalue weighted by atomic mass is 79.9. The number of nitrogens with one attached hydrogen (secondary N) is 2. The molecule has 102 valence electrons. The van der Waals surface area contributed by atoms with Crippen molar-refractivity contribution in [1.82, 2.24) is 19.7 Å². The number of pyridine rings is 1. The second kappa shape index (κ2) is 5.30. The SMILES string of the molecule is O=C(NCc1cn2cc(Cl)ccc2n1)c1cc(Br)c[nH]1. The van der Waals surface area contributed by atoms with E-state index in [9.17, 15) is 4.79 Å². The fourth-order valence-electron chi connectivity index (χ4n) is 1.87. The van der Waals surface area contributed by atoms with Gasteiger partial charge in [0.2, 0.25) is 0 Å². The van der Waals surface area contributed by atoms with Crippen molar-refractivity contribution in [1.29, 1.82) is 0 Å². The van der Waals surface area contributed by atoms with E-state index in [1.165, 1.54) is 0 Å². The maximum atomic E-state index is 11.9. The molecule has 3 heterocycles. The highest BCUT2D eigenvalue weighted by molar-refractivity contribution is 9.10. The Morgan fingerprint density at radius 2 is 2.30 bits per heavy atom. The number of hydrogen-bond acceptors (Lipinski definition) is 2. The minimum atomic E-state index is -0.175. The number of nitrogens with zero attached hydrogens (tertiary/aromatic N) is 2. The average Bonchev–Trinajstić information content (AvgIpc) is 3.01. The van der Waals surface area contributed by atoms with Crippen molar-refractivity contribution >= 4 is 39.1 Å². The number of fused-ring (bicyclic) bond motifs is 1. The topological polar surface area (TPSA) is 62.2 Å². The number of hydrogen-bond donors (Lipinski definition) is 2. The van der Waals surface area contributed by atoms with Crippen molar-refractivity contribution in [2.24, 2.45) is 0 Å². The van der Waals surface area contributed by atoms with Crippen molar-refractivity contribution < 1.29 is 4.79 Å². The van der Waals surface area contributed by atoms with Crippen LogP contribution in [-0.4, -0.2) is 20.3 Å². The molecule has 0 aromatic carbocycles. The Hall–Kier alpha value is -1.79. The van der Waals surface area contributed by atoms with Crippen LogP contribution in [0.15, 0.2) is 41.3 Å². The molecule has 0 unspecified atom stereocenters. The van der Waals surface area contributed by atoms with Gasteiger partial charge in [0.25, 0.3) is 5.91 Å². The molecular formula is C13H10BrClN4O. The molecule has 0 fully saturated rings. The third kappa shape index (κ3) is 2.71. The summed E-state index contributed by atoms with van der Waals surface area (Å²) in [5, 5.41) is 3.44. The van der Waals surface area contributed by atoms with Gasteiger partial charge in [-0.3, -0.25) is 4.79 Å². The van der Waals surface area contributed by atoms with Crippen LogP contribution in [0.25, 0.3) is 5.65 Å². The van der Waals surface area contributed by atoms with Crippen LogP contribution in [-0.2, 0) is 6.54 Å². The molecule has 2 N–H and O–H groups in total. The summed E-state index contributed by atoms with van der Waals surface area (Å²) in [5.74, 6) is -0.175. The van der Waals surface area contributed by atoms with Gasteiger partial charge in [0, 0.05) is 23.1 Å². The number of aromatic amines is 1. The minimum Gasteiger partial charge on any atom is -0.356 e. The molecule has 0 aliphatic heterocycles. The molecule has 3 rings (SSSR count). The molecule has 20 heavy (non-hydrogen) atoms. The number of amides is 1. The summed E-state index contributed by atoms with van der Waals surface area (Å²) in [6.07, 6.45) is 5.32. The number of halogens is 2. The first-order chi connectivity index (χ1) is 9.61. The number of aromatic nitrogens is 3. The van der Waals surface area contributed by atoms with E-state index in [4.69, 9.17) is 11.6 Å². The van der Waals surface area contributed by atoms with Crippen LogP contribution in [0.1, 0.15) is 16.2 Å². The lowest BCUT2D eigenvalue weighted by Gasteiger charge is -2.00. The van der Waals surface area contributed by atoms with Crippen molar-refractivity contribution in [2.75, 3.05) is 0 Å². The summed E-state index contributed by atoms with van der Waals surface area (Å²) in [7, 11) is 0. The quantitative estimate of drug-likeness (QED) is 0.760.